The molecule has 0 spiro atoms. The van der Waals surface area contributed by atoms with Gasteiger partial charge >= 0.3 is 0 Å². The van der Waals surface area contributed by atoms with Crippen LogP contribution in [0.2, 0.25) is 0 Å². The highest BCUT2D eigenvalue weighted by Gasteiger charge is 2.29. The lowest BCUT2D eigenvalue weighted by molar-refractivity contribution is 0.127. The van der Waals surface area contributed by atoms with E-state index in [4.69, 9.17) is 0 Å². The minimum atomic E-state index is 0.796. The summed E-state index contributed by atoms with van der Waals surface area (Å²) < 4.78 is 0. The normalized spacial score (nSPS) is 33.0. The molecule has 118 valence electrons. The van der Waals surface area contributed by atoms with E-state index in [9.17, 15) is 0 Å². The largest absolute Gasteiger partial charge is 0.314 e. The highest BCUT2D eigenvalue weighted by molar-refractivity contribution is 4.85. The molecule has 1 N–H and O–H groups in total. The number of hydrogen-bond acceptors (Lipinski definition) is 2. The third-order valence-corrected chi connectivity index (χ3v) is 5.50. The Hall–Kier alpha value is -0.0800. The molecule has 1 aliphatic carbocycles. The van der Waals surface area contributed by atoms with Crippen LogP contribution >= 0.6 is 0 Å². The molecule has 1 aliphatic heterocycles. The number of nitrogens with one attached hydrogen (secondary N) is 1. The fourth-order valence-electron chi connectivity index (χ4n) is 4.27. The van der Waals surface area contributed by atoms with Crippen LogP contribution < -0.4 is 5.32 Å². The lowest BCUT2D eigenvalue weighted by atomic mass is 9.83. The first-order valence-electron chi connectivity index (χ1n) is 9.32. The van der Waals surface area contributed by atoms with Crippen molar-refractivity contribution in [2.75, 3.05) is 19.6 Å². The first kappa shape index (κ1) is 16.3. The van der Waals surface area contributed by atoms with E-state index in [1.165, 1.54) is 83.8 Å². The van der Waals surface area contributed by atoms with Gasteiger partial charge in [0.25, 0.3) is 0 Å². The van der Waals surface area contributed by atoms with Gasteiger partial charge in [0.05, 0.1) is 0 Å². The zero-order valence-corrected chi connectivity index (χ0v) is 13.9. The quantitative estimate of drug-likeness (QED) is 0.784. The molecule has 0 bridgehead atoms. The third-order valence-electron chi connectivity index (χ3n) is 5.50. The summed E-state index contributed by atoms with van der Waals surface area (Å²) in [7, 11) is 0. The predicted octanol–water partition coefficient (Wildman–Crippen LogP) is 4.20. The molecule has 1 heterocycles. The second-order valence-electron chi connectivity index (χ2n) is 7.01. The van der Waals surface area contributed by atoms with E-state index in [2.05, 4.69) is 24.1 Å². The molecular weight excluding hydrogens is 244 g/mol. The maximum absolute atomic E-state index is 3.83. The van der Waals surface area contributed by atoms with Crippen LogP contribution in [-0.2, 0) is 0 Å². The zero-order valence-electron chi connectivity index (χ0n) is 13.9. The summed E-state index contributed by atoms with van der Waals surface area (Å²) in [6.45, 7) is 8.59. The SMILES string of the molecule is CCCNC1CCCCC1CN1CCCCCC1CC. The summed E-state index contributed by atoms with van der Waals surface area (Å²) in [4.78, 5) is 2.85. The highest BCUT2D eigenvalue weighted by Crippen LogP contribution is 2.28. The summed E-state index contributed by atoms with van der Waals surface area (Å²) in [6.07, 6.45) is 14.2. The fourth-order valence-corrected chi connectivity index (χ4v) is 4.27. The smallest absolute Gasteiger partial charge is 0.0107 e. The minimum absolute atomic E-state index is 0.796. The summed E-state index contributed by atoms with van der Waals surface area (Å²) in [5.41, 5.74) is 0. The Labute approximate surface area is 126 Å². The van der Waals surface area contributed by atoms with Gasteiger partial charge in [-0.15, -0.1) is 0 Å². The molecule has 2 rings (SSSR count). The zero-order chi connectivity index (χ0) is 14.2. The van der Waals surface area contributed by atoms with Crippen molar-refractivity contribution in [3.63, 3.8) is 0 Å². The highest BCUT2D eigenvalue weighted by atomic mass is 15.2. The van der Waals surface area contributed by atoms with E-state index in [-0.39, 0.29) is 0 Å². The van der Waals surface area contributed by atoms with Gasteiger partial charge in [-0.3, -0.25) is 0 Å². The summed E-state index contributed by atoms with van der Waals surface area (Å²) >= 11 is 0. The van der Waals surface area contributed by atoms with Crippen molar-refractivity contribution in [2.45, 2.75) is 90.1 Å². The molecule has 20 heavy (non-hydrogen) atoms. The second kappa shape index (κ2) is 9.04. The molecule has 3 atom stereocenters. The van der Waals surface area contributed by atoms with Gasteiger partial charge in [0.15, 0.2) is 0 Å². The molecule has 0 aromatic carbocycles. The Balaban J connectivity index is 1.90. The molecule has 3 unspecified atom stereocenters. The molecule has 0 amide bonds. The van der Waals surface area contributed by atoms with Gasteiger partial charge in [0.1, 0.15) is 0 Å². The molecule has 1 saturated carbocycles. The van der Waals surface area contributed by atoms with Crippen LogP contribution in [0.3, 0.4) is 0 Å². The molecular formula is C18H36N2. The Morgan fingerprint density at radius 1 is 0.950 bits per heavy atom. The van der Waals surface area contributed by atoms with Gasteiger partial charge in [0.2, 0.25) is 0 Å². The average molecular weight is 280 g/mol. The van der Waals surface area contributed by atoms with Gasteiger partial charge in [-0.1, -0.05) is 39.5 Å². The molecule has 0 radical (unpaired) electrons. The minimum Gasteiger partial charge on any atom is -0.314 e. The molecule has 0 aromatic heterocycles. The van der Waals surface area contributed by atoms with Crippen LogP contribution in [0.5, 0.6) is 0 Å². The van der Waals surface area contributed by atoms with E-state index in [1.807, 2.05) is 0 Å². The van der Waals surface area contributed by atoms with Crippen LogP contribution in [-0.4, -0.2) is 36.6 Å². The second-order valence-corrected chi connectivity index (χ2v) is 7.01. The number of hydrogen-bond donors (Lipinski definition) is 1. The Morgan fingerprint density at radius 2 is 1.75 bits per heavy atom. The van der Waals surface area contributed by atoms with Crippen LogP contribution in [0.1, 0.15) is 78.1 Å². The summed E-state index contributed by atoms with van der Waals surface area (Å²) in [5, 5.41) is 3.83. The van der Waals surface area contributed by atoms with Gasteiger partial charge in [-0.2, -0.15) is 0 Å². The van der Waals surface area contributed by atoms with Crippen molar-refractivity contribution in [1.29, 1.82) is 0 Å². The average Bonchev–Trinajstić information content (AvgIpc) is 2.71. The van der Waals surface area contributed by atoms with Crippen molar-refractivity contribution in [1.82, 2.24) is 10.2 Å². The molecule has 2 heteroatoms. The molecule has 2 nitrogen and oxygen atoms in total. The molecule has 0 aromatic rings. The van der Waals surface area contributed by atoms with Crippen molar-refractivity contribution in [2.24, 2.45) is 5.92 Å². The van der Waals surface area contributed by atoms with Gasteiger partial charge in [-0.25, -0.2) is 0 Å². The monoisotopic (exact) mass is 280 g/mol. The lowest BCUT2D eigenvalue weighted by Crippen LogP contribution is -2.47. The fraction of sp³-hybridized carbons (Fsp3) is 1.00. The predicted molar refractivity (Wildman–Crippen MR) is 88.2 cm³/mol. The van der Waals surface area contributed by atoms with Crippen molar-refractivity contribution in [3.8, 4) is 0 Å². The van der Waals surface area contributed by atoms with E-state index >= 15 is 0 Å². The number of rotatable bonds is 6. The summed E-state index contributed by atoms with van der Waals surface area (Å²) in [6, 6.07) is 1.66. The molecule has 2 aliphatic rings. The van der Waals surface area contributed by atoms with Crippen molar-refractivity contribution in [3.05, 3.63) is 0 Å². The van der Waals surface area contributed by atoms with Gasteiger partial charge in [0, 0.05) is 18.6 Å². The van der Waals surface area contributed by atoms with Crippen molar-refractivity contribution >= 4 is 0 Å². The maximum Gasteiger partial charge on any atom is 0.0107 e. The third kappa shape index (κ3) is 4.73. The van der Waals surface area contributed by atoms with Crippen LogP contribution in [0.4, 0.5) is 0 Å². The van der Waals surface area contributed by atoms with Crippen molar-refractivity contribution < 1.29 is 0 Å². The van der Waals surface area contributed by atoms with Crippen LogP contribution in [0, 0.1) is 5.92 Å². The topological polar surface area (TPSA) is 15.3 Å². The van der Waals surface area contributed by atoms with E-state index in [0.717, 1.165) is 18.0 Å². The van der Waals surface area contributed by atoms with Crippen LogP contribution in [0.25, 0.3) is 0 Å². The Bertz CT molecular complexity index is 254. The Morgan fingerprint density at radius 3 is 2.55 bits per heavy atom. The lowest BCUT2D eigenvalue weighted by Gasteiger charge is -2.38. The van der Waals surface area contributed by atoms with Gasteiger partial charge in [-0.05, 0) is 57.5 Å². The van der Waals surface area contributed by atoms with Crippen LogP contribution in [0.15, 0.2) is 0 Å². The number of nitrogens with zero attached hydrogens (tertiary/aromatic N) is 1. The maximum atomic E-state index is 3.83. The standard InChI is InChI=1S/C18H36N2/c1-3-13-19-18-12-8-7-10-16(18)15-20-14-9-5-6-11-17(20)4-2/h16-19H,3-15H2,1-2H3. The Kier molecular flexibility index (Phi) is 7.37. The summed E-state index contributed by atoms with van der Waals surface area (Å²) in [5.74, 6) is 0.905. The first-order chi connectivity index (χ1) is 9.85. The van der Waals surface area contributed by atoms with E-state index in [0.29, 0.717) is 0 Å². The first-order valence-corrected chi connectivity index (χ1v) is 9.32. The number of likely N-dealkylation sites (tertiary alicyclic amines) is 1. The van der Waals surface area contributed by atoms with E-state index < -0.39 is 0 Å². The molecule has 1 saturated heterocycles. The van der Waals surface area contributed by atoms with E-state index in [1.54, 1.807) is 0 Å². The molecule has 2 fully saturated rings. The van der Waals surface area contributed by atoms with Gasteiger partial charge < -0.3 is 10.2 Å².